The van der Waals surface area contributed by atoms with Crippen LogP contribution >= 0.6 is 0 Å². The molecule has 0 saturated carbocycles. The zero-order chi connectivity index (χ0) is 14.5. The fraction of sp³-hybridized carbons (Fsp3) is 0.867. The van der Waals surface area contributed by atoms with Gasteiger partial charge in [-0.05, 0) is 12.8 Å². The average molecular weight is 272 g/mol. The van der Waals surface area contributed by atoms with E-state index >= 15 is 0 Å². The number of rotatable bonds is 13. The molecule has 0 bridgehead atoms. The molecule has 0 spiro atoms. The van der Waals surface area contributed by atoms with Gasteiger partial charge in [-0.1, -0.05) is 45.4 Å². The van der Waals surface area contributed by atoms with Gasteiger partial charge in [-0.15, -0.1) is 0 Å². The lowest BCUT2D eigenvalue weighted by Gasteiger charge is -2.15. The lowest BCUT2D eigenvalue weighted by molar-refractivity contribution is -0.132. The van der Waals surface area contributed by atoms with Crippen LogP contribution in [0.5, 0.6) is 0 Å². The Bertz CT molecular complexity index is 240. The number of aliphatic hydroxyl groups excluding tert-OH is 2. The molecule has 2 N–H and O–H groups in total. The Morgan fingerprint density at radius 1 is 1.11 bits per heavy atom. The van der Waals surface area contributed by atoms with Crippen LogP contribution in [-0.2, 0) is 9.59 Å². The third-order valence-electron chi connectivity index (χ3n) is 3.38. The third-order valence-corrected chi connectivity index (χ3v) is 3.38. The van der Waals surface area contributed by atoms with Crippen LogP contribution in [0.1, 0.15) is 64.7 Å². The minimum Gasteiger partial charge on any atom is -0.396 e. The molecular weight excluding hydrogens is 244 g/mol. The van der Waals surface area contributed by atoms with E-state index in [0.29, 0.717) is 12.7 Å². The van der Waals surface area contributed by atoms with Gasteiger partial charge in [0.05, 0.1) is 12.0 Å². The molecule has 0 rings (SSSR count). The van der Waals surface area contributed by atoms with E-state index in [1.165, 1.54) is 25.7 Å². The fourth-order valence-electron chi connectivity index (χ4n) is 2.12. The summed E-state index contributed by atoms with van der Waals surface area (Å²) in [5, 5.41) is 18.3. The summed E-state index contributed by atoms with van der Waals surface area (Å²) in [5.41, 5.74) is 0. The van der Waals surface area contributed by atoms with E-state index < -0.39 is 12.0 Å². The van der Waals surface area contributed by atoms with E-state index in [-0.39, 0.29) is 18.8 Å². The van der Waals surface area contributed by atoms with Crippen molar-refractivity contribution in [2.45, 2.75) is 70.8 Å². The van der Waals surface area contributed by atoms with E-state index in [4.69, 9.17) is 5.11 Å². The maximum Gasteiger partial charge on any atom is 0.145 e. The minimum atomic E-state index is -1.04. The van der Waals surface area contributed by atoms with Gasteiger partial charge < -0.3 is 15.0 Å². The SMILES string of the molecule is CCCCCCCCCC(=O)C(C=O)C(O)CCO. The number of Topliss-reactive ketones (excluding diaryl/α,β-unsaturated/α-hetero) is 1. The number of hydrogen-bond donors (Lipinski definition) is 2. The molecule has 19 heavy (non-hydrogen) atoms. The molecule has 0 aliphatic heterocycles. The van der Waals surface area contributed by atoms with Crippen molar-refractivity contribution in [3.63, 3.8) is 0 Å². The van der Waals surface area contributed by atoms with E-state index in [2.05, 4.69) is 6.92 Å². The second-order valence-corrected chi connectivity index (χ2v) is 5.08. The lowest BCUT2D eigenvalue weighted by atomic mass is 9.93. The zero-order valence-corrected chi connectivity index (χ0v) is 12.0. The number of aldehydes is 1. The summed E-state index contributed by atoms with van der Waals surface area (Å²) in [6, 6.07) is 0. The van der Waals surface area contributed by atoms with E-state index in [1.807, 2.05) is 0 Å². The van der Waals surface area contributed by atoms with Crippen molar-refractivity contribution in [3.05, 3.63) is 0 Å². The standard InChI is InChI=1S/C15H28O4/c1-2-3-4-5-6-7-8-9-14(18)13(12-17)15(19)10-11-16/h12-13,15-16,19H,2-11H2,1H3. The van der Waals surface area contributed by atoms with Crippen molar-refractivity contribution in [2.24, 2.45) is 5.92 Å². The highest BCUT2D eigenvalue weighted by molar-refractivity contribution is 5.93. The molecule has 0 aliphatic rings. The Hall–Kier alpha value is -0.740. The maximum absolute atomic E-state index is 11.8. The molecule has 0 fully saturated rings. The van der Waals surface area contributed by atoms with Crippen molar-refractivity contribution in [1.29, 1.82) is 0 Å². The monoisotopic (exact) mass is 272 g/mol. The molecule has 4 nitrogen and oxygen atoms in total. The van der Waals surface area contributed by atoms with Crippen molar-refractivity contribution in [3.8, 4) is 0 Å². The van der Waals surface area contributed by atoms with Gasteiger partial charge in [-0.2, -0.15) is 0 Å². The van der Waals surface area contributed by atoms with Crippen LogP contribution in [0.25, 0.3) is 0 Å². The molecule has 112 valence electrons. The van der Waals surface area contributed by atoms with Gasteiger partial charge in [0, 0.05) is 13.0 Å². The first-order valence-corrected chi connectivity index (χ1v) is 7.44. The van der Waals surface area contributed by atoms with Gasteiger partial charge in [0.1, 0.15) is 12.1 Å². The summed E-state index contributed by atoms with van der Waals surface area (Å²) >= 11 is 0. The van der Waals surface area contributed by atoms with E-state index in [0.717, 1.165) is 19.3 Å². The summed E-state index contributed by atoms with van der Waals surface area (Å²) in [4.78, 5) is 22.6. The molecule has 2 unspecified atom stereocenters. The van der Waals surface area contributed by atoms with Crippen LogP contribution < -0.4 is 0 Å². The van der Waals surface area contributed by atoms with Crippen LogP contribution in [0, 0.1) is 5.92 Å². The Balaban J connectivity index is 3.73. The first kappa shape index (κ1) is 18.3. The maximum atomic E-state index is 11.8. The molecule has 0 heterocycles. The van der Waals surface area contributed by atoms with E-state index in [1.54, 1.807) is 0 Å². The van der Waals surface area contributed by atoms with Crippen molar-refractivity contribution in [1.82, 2.24) is 0 Å². The lowest BCUT2D eigenvalue weighted by Crippen LogP contribution is -2.30. The van der Waals surface area contributed by atoms with Crippen LogP contribution in [0.3, 0.4) is 0 Å². The summed E-state index contributed by atoms with van der Waals surface area (Å²) in [7, 11) is 0. The Kier molecular flexibility index (Phi) is 11.8. The topological polar surface area (TPSA) is 74.6 Å². The first-order chi connectivity index (χ1) is 9.17. The normalized spacial score (nSPS) is 14.1. The van der Waals surface area contributed by atoms with Crippen LogP contribution in [0.4, 0.5) is 0 Å². The number of ketones is 1. The number of unbranched alkanes of at least 4 members (excludes halogenated alkanes) is 6. The molecule has 4 heteroatoms. The molecule has 0 aromatic heterocycles. The highest BCUT2D eigenvalue weighted by Crippen LogP contribution is 2.13. The van der Waals surface area contributed by atoms with Gasteiger partial charge in [-0.3, -0.25) is 4.79 Å². The molecule has 0 radical (unpaired) electrons. The molecule has 0 aromatic carbocycles. The summed E-state index contributed by atoms with van der Waals surface area (Å²) in [6.45, 7) is 1.96. The minimum absolute atomic E-state index is 0.0756. The third kappa shape index (κ3) is 8.89. The van der Waals surface area contributed by atoms with Crippen molar-refractivity contribution < 1.29 is 19.8 Å². The van der Waals surface area contributed by atoms with E-state index in [9.17, 15) is 14.7 Å². The van der Waals surface area contributed by atoms with Gasteiger partial charge in [0.25, 0.3) is 0 Å². The molecular formula is C15H28O4. The molecule has 2 atom stereocenters. The first-order valence-electron chi connectivity index (χ1n) is 7.44. The van der Waals surface area contributed by atoms with Crippen LogP contribution in [0.15, 0.2) is 0 Å². The summed E-state index contributed by atoms with van der Waals surface area (Å²) in [6.07, 6.45) is 7.72. The summed E-state index contributed by atoms with van der Waals surface area (Å²) in [5.74, 6) is -1.17. The molecule has 0 saturated heterocycles. The van der Waals surface area contributed by atoms with Gasteiger partial charge in [-0.25, -0.2) is 0 Å². The van der Waals surface area contributed by atoms with Crippen molar-refractivity contribution >= 4 is 12.1 Å². The quantitative estimate of drug-likeness (QED) is 0.306. The van der Waals surface area contributed by atoms with Gasteiger partial charge in [0.15, 0.2) is 0 Å². The van der Waals surface area contributed by atoms with Gasteiger partial charge in [0.2, 0.25) is 0 Å². The summed E-state index contributed by atoms with van der Waals surface area (Å²) < 4.78 is 0. The number of hydrogen-bond acceptors (Lipinski definition) is 4. The molecule has 0 aliphatic carbocycles. The second-order valence-electron chi connectivity index (χ2n) is 5.08. The number of carbonyl (C=O) groups is 2. The van der Waals surface area contributed by atoms with Crippen LogP contribution in [-0.4, -0.2) is 35.0 Å². The van der Waals surface area contributed by atoms with Crippen molar-refractivity contribution in [2.75, 3.05) is 6.61 Å². The number of aliphatic hydroxyl groups is 2. The smallest absolute Gasteiger partial charge is 0.145 e. The molecule has 0 aromatic rings. The Morgan fingerprint density at radius 3 is 2.21 bits per heavy atom. The Morgan fingerprint density at radius 2 is 1.68 bits per heavy atom. The largest absolute Gasteiger partial charge is 0.396 e. The average Bonchev–Trinajstić information content (AvgIpc) is 2.39. The highest BCUT2D eigenvalue weighted by Gasteiger charge is 2.24. The molecule has 0 amide bonds. The zero-order valence-electron chi connectivity index (χ0n) is 12.0. The fourth-order valence-corrected chi connectivity index (χ4v) is 2.12. The second kappa shape index (κ2) is 12.3. The van der Waals surface area contributed by atoms with Gasteiger partial charge >= 0.3 is 0 Å². The Labute approximate surface area is 116 Å². The van der Waals surface area contributed by atoms with Crippen LogP contribution in [0.2, 0.25) is 0 Å². The number of carbonyl (C=O) groups excluding carboxylic acids is 2. The predicted octanol–water partition coefficient (Wildman–Crippen LogP) is 2.25. The predicted molar refractivity (Wildman–Crippen MR) is 74.9 cm³/mol. The highest BCUT2D eigenvalue weighted by atomic mass is 16.3.